The van der Waals surface area contributed by atoms with Gasteiger partial charge in [0.1, 0.15) is 0 Å². The van der Waals surface area contributed by atoms with Crippen molar-refractivity contribution in [2.75, 3.05) is 31.6 Å². The van der Waals surface area contributed by atoms with Crippen molar-refractivity contribution >= 4 is 22.4 Å². The first-order valence-electron chi connectivity index (χ1n) is 7.70. The second kappa shape index (κ2) is 7.87. The van der Waals surface area contributed by atoms with Crippen molar-refractivity contribution in [3.05, 3.63) is 11.1 Å². The Morgan fingerprint density at radius 3 is 2.62 bits per heavy atom. The molecule has 1 atom stereocenters. The van der Waals surface area contributed by atoms with E-state index in [-0.39, 0.29) is 11.9 Å². The number of hydrogen-bond acceptors (Lipinski definition) is 5. The van der Waals surface area contributed by atoms with Crippen LogP contribution in [0.15, 0.2) is 6.20 Å². The molecule has 2 heterocycles. The summed E-state index contributed by atoms with van der Waals surface area (Å²) < 4.78 is 5.41. The molecule has 0 aliphatic carbocycles. The van der Waals surface area contributed by atoms with Crippen LogP contribution in [0.3, 0.4) is 0 Å². The maximum absolute atomic E-state index is 12.8. The van der Waals surface area contributed by atoms with Crippen molar-refractivity contribution in [2.45, 2.75) is 39.7 Å². The average Bonchev–Trinajstić information content (AvgIpc) is 2.90. The third kappa shape index (κ3) is 4.25. The highest BCUT2D eigenvalue weighted by Crippen LogP contribution is 2.23. The van der Waals surface area contributed by atoms with Crippen LogP contribution in [0.1, 0.15) is 31.6 Å². The molecule has 1 unspecified atom stereocenters. The lowest BCUT2D eigenvalue weighted by Gasteiger charge is -2.37. The Balaban J connectivity index is 2.10. The second-order valence-corrected chi connectivity index (χ2v) is 6.67. The van der Waals surface area contributed by atoms with E-state index in [4.69, 9.17) is 4.74 Å². The largest absolute Gasteiger partial charge is 0.379 e. The Morgan fingerprint density at radius 2 is 2.10 bits per heavy atom. The second-order valence-electron chi connectivity index (χ2n) is 5.44. The Morgan fingerprint density at radius 1 is 1.43 bits per heavy atom. The molecule has 1 aromatic rings. The maximum atomic E-state index is 12.8. The van der Waals surface area contributed by atoms with Crippen LogP contribution in [0.2, 0.25) is 0 Å². The van der Waals surface area contributed by atoms with Crippen molar-refractivity contribution in [3.63, 3.8) is 0 Å². The molecule has 1 saturated heterocycles. The number of nitrogens with zero attached hydrogens (tertiary/aromatic N) is 2. The van der Waals surface area contributed by atoms with Crippen LogP contribution in [0.25, 0.3) is 0 Å². The van der Waals surface area contributed by atoms with E-state index in [1.165, 1.54) is 11.3 Å². The molecule has 1 amide bonds. The molecule has 6 heteroatoms. The molecule has 118 valence electrons. The molecule has 0 radical (unpaired) electrons. The van der Waals surface area contributed by atoms with Gasteiger partial charge < -0.3 is 10.1 Å². The first kappa shape index (κ1) is 16.4. The summed E-state index contributed by atoms with van der Waals surface area (Å²) >= 11 is 1.52. The summed E-state index contributed by atoms with van der Waals surface area (Å²) in [6.07, 6.45) is 3.80. The summed E-state index contributed by atoms with van der Waals surface area (Å²) in [5.41, 5.74) is 0. The number of hydrogen-bond donors (Lipinski definition) is 1. The molecule has 5 nitrogen and oxygen atoms in total. The zero-order chi connectivity index (χ0) is 15.2. The highest BCUT2D eigenvalue weighted by Gasteiger charge is 2.33. The molecular weight excluding hydrogens is 286 g/mol. The van der Waals surface area contributed by atoms with Gasteiger partial charge in [-0.1, -0.05) is 26.7 Å². The predicted octanol–water partition coefficient (Wildman–Crippen LogP) is 2.53. The minimum atomic E-state index is -0.0897. The molecule has 1 aromatic heterocycles. The summed E-state index contributed by atoms with van der Waals surface area (Å²) in [5.74, 6) is 0.434. The number of morpholine rings is 1. The first-order chi connectivity index (χ1) is 10.2. The molecule has 1 aliphatic heterocycles. The zero-order valence-electron chi connectivity index (χ0n) is 13.1. The van der Waals surface area contributed by atoms with Crippen molar-refractivity contribution in [3.8, 4) is 0 Å². The van der Waals surface area contributed by atoms with Crippen LogP contribution in [0, 0.1) is 12.8 Å². The van der Waals surface area contributed by atoms with Crippen LogP contribution in [0.4, 0.5) is 5.13 Å². The van der Waals surface area contributed by atoms with Gasteiger partial charge in [-0.05, 0) is 12.8 Å². The molecule has 1 fully saturated rings. The molecule has 0 bridgehead atoms. The fourth-order valence-electron chi connectivity index (χ4n) is 2.86. The van der Waals surface area contributed by atoms with E-state index in [1.54, 1.807) is 6.20 Å². The predicted molar refractivity (Wildman–Crippen MR) is 85.7 cm³/mol. The van der Waals surface area contributed by atoms with Crippen LogP contribution in [-0.4, -0.2) is 48.1 Å². The molecule has 2 rings (SSSR count). The van der Waals surface area contributed by atoms with E-state index in [0.29, 0.717) is 24.3 Å². The summed E-state index contributed by atoms with van der Waals surface area (Å²) in [7, 11) is 0. The van der Waals surface area contributed by atoms with E-state index in [1.807, 2.05) is 6.92 Å². The van der Waals surface area contributed by atoms with Crippen molar-refractivity contribution in [1.29, 1.82) is 0 Å². The number of rotatable bonds is 6. The standard InChI is InChI=1S/C15H25N3O2S/c1-4-12(5-2)13(18-6-8-20-9-7-18)14(19)17-15-16-10-11(3)21-15/h10,12-13H,4-9H2,1-3H3,(H,16,17,19). The fourth-order valence-corrected chi connectivity index (χ4v) is 3.53. The number of amides is 1. The number of ether oxygens (including phenoxy) is 1. The lowest BCUT2D eigenvalue weighted by atomic mass is 9.92. The van der Waals surface area contributed by atoms with Gasteiger partial charge in [-0.2, -0.15) is 0 Å². The normalized spacial score (nSPS) is 17.9. The third-order valence-electron chi connectivity index (χ3n) is 4.05. The monoisotopic (exact) mass is 311 g/mol. The van der Waals surface area contributed by atoms with Gasteiger partial charge in [0.2, 0.25) is 5.91 Å². The lowest BCUT2D eigenvalue weighted by Crippen LogP contribution is -2.52. The number of carbonyl (C=O) groups is 1. The van der Waals surface area contributed by atoms with Crippen LogP contribution < -0.4 is 5.32 Å². The first-order valence-corrected chi connectivity index (χ1v) is 8.52. The van der Waals surface area contributed by atoms with Gasteiger partial charge in [0.15, 0.2) is 5.13 Å². The van der Waals surface area contributed by atoms with Crippen LogP contribution >= 0.6 is 11.3 Å². The Labute approximate surface area is 130 Å². The van der Waals surface area contributed by atoms with E-state index < -0.39 is 0 Å². The van der Waals surface area contributed by atoms with Gasteiger partial charge in [-0.3, -0.25) is 9.69 Å². The van der Waals surface area contributed by atoms with Gasteiger partial charge in [0, 0.05) is 24.2 Å². The quantitative estimate of drug-likeness (QED) is 0.877. The van der Waals surface area contributed by atoms with Crippen LogP contribution in [-0.2, 0) is 9.53 Å². The number of anilines is 1. The molecule has 0 saturated carbocycles. The maximum Gasteiger partial charge on any atom is 0.243 e. The molecule has 0 aromatic carbocycles. The summed E-state index contributed by atoms with van der Waals surface area (Å²) in [6, 6.07) is -0.0897. The number of nitrogens with one attached hydrogen (secondary N) is 1. The van der Waals surface area contributed by atoms with E-state index in [2.05, 4.69) is 29.0 Å². The molecule has 21 heavy (non-hydrogen) atoms. The fraction of sp³-hybridized carbons (Fsp3) is 0.733. The Bertz CT molecular complexity index is 454. The number of thiazole rings is 1. The minimum Gasteiger partial charge on any atom is -0.379 e. The van der Waals surface area contributed by atoms with Crippen LogP contribution in [0.5, 0.6) is 0 Å². The van der Waals surface area contributed by atoms with E-state index in [9.17, 15) is 4.79 Å². The number of aryl methyl sites for hydroxylation is 1. The van der Waals surface area contributed by atoms with Gasteiger partial charge >= 0.3 is 0 Å². The highest BCUT2D eigenvalue weighted by atomic mass is 32.1. The SMILES string of the molecule is CCC(CC)C(C(=O)Nc1ncc(C)s1)N1CCOCC1. The van der Waals surface area contributed by atoms with E-state index >= 15 is 0 Å². The molecule has 0 spiro atoms. The summed E-state index contributed by atoms with van der Waals surface area (Å²) in [6.45, 7) is 9.37. The van der Waals surface area contributed by atoms with Gasteiger partial charge in [0.25, 0.3) is 0 Å². The summed E-state index contributed by atoms with van der Waals surface area (Å²) in [5, 5.41) is 3.69. The number of carbonyl (C=O) groups excluding carboxylic acids is 1. The topological polar surface area (TPSA) is 54.5 Å². The smallest absolute Gasteiger partial charge is 0.243 e. The van der Waals surface area contributed by atoms with Crippen molar-refractivity contribution in [2.24, 2.45) is 5.92 Å². The Kier molecular flexibility index (Phi) is 6.14. The highest BCUT2D eigenvalue weighted by molar-refractivity contribution is 7.15. The molecule has 1 N–H and O–H groups in total. The molecular formula is C15H25N3O2S. The molecule has 1 aliphatic rings. The minimum absolute atomic E-state index is 0.0694. The summed E-state index contributed by atoms with van der Waals surface area (Å²) in [4.78, 5) is 20.4. The van der Waals surface area contributed by atoms with Gasteiger partial charge in [-0.15, -0.1) is 11.3 Å². The third-order valence-corrected chi connectivity index (χ3v) is 4.88. The number of aromatic nitrogens is 1. The zero-order valence-corrected chi connectivity index (χ0v) is 13.9. The van der Waals surface area contributed by atoms with Crippen molar-refractivity contribution < 1.29 is 9.53 Å². The average molecular weight is 311 g/mol. The van der Waals surface area contributed by atoms with Crippen molar-refractivity contribution in [1.82, 2.24) is 9.88 Å². The van der Waals surface area contributed by atoms with E-state index in [0.717, 1.165) is 30.8 Å². The lowest BCUT2D eigenvalue weighted by molar-refractivity contribution is -0.125. The van der Waals surface area contributed by atoms with Gasteiger partial charge in [0.05, 0.1) is 19.3 Å². The van der Waals surface area contributed by atoms with Gasteiger partial charge in [-0.25, -0.2) is 4.98 Å². The Hall–Kier alpha value is -0.980.